The van der Waals surface area contributed by atoms with Crippen LogP contribution in [-0.2, 0) is 29.5 Å². The molecule has 2 aromatic carbocycles. The molecule has 1 amide bonds. The zero-order valence-electron chi connectivity index (χ0n) is 19.7. The highest BCUT2D eigenvalue weighted by Gasteiger charge is 2.26. The molecular weight excluding hydrogens is 480 g/mol. The fourth-order valence-electron chi connectivity index (χ4n) is 4.68. The van der Waals surface area contributed by atoms with Crippen LogP contribution in [-0.4, -0.2) is 48.1 Å². The zero-order valence-corrected chi connectivity index (χ0v) is 21.3. The van der Waals surface area contributed by atoms with Crippen LogP contribution in [0.25, 0.3) is 0 Å². The van der Waals surface area contributed by atoms with Gasteiger partial charge in [0.15, 0.2) is 5.13 Å². The Morgan fingerprint density at radius 3 is 2.51 bits per heavy atom. The molecule has 0 bridgehead atoms. The number of aromatic nitrogens is 1. The molecule has 35 heavy (non-hydrogen) atoms. The molecule has 3 heterocycles. The lowest BCUT2D eigenvalue weighted by Crippen LogP contribution is -2.32. The molecule has 0 spiro atoms. The maximum absolute atomic E-state index is 13.1. The molecule has 1 N–H and O–H groups in total. The third kappa shape index (κ3) is 5.64. The predicted molar refractivity (Wildman–Crippen MR) is 138 cm³/mol. The van der Waals surface area contributed by atoms with Gasteiger partial charge in [0.2, 0.25) is 10.0 Å². The number of nitrogens with zero attached hydrogens (tertiary/aromatic N) is 3. The van der Waals surface area contributed by atoms with Crippen molar-refractivity contribution in [2.24, 2.45) is 0 Å². The van der Waals surface area contributed by atoms with Crippen LogP contribution in [0.1, 0.15) is 52.2 Å². The largest absolute Gasteiger partial charge is 0.298 e. The van der Waals surface area contributed by atoms with Gasteiger partial charge in [0.1, 0.15) is 0 Å². The summed E-state index contributed by atoms with van der Waals surface area (Å²) >= 11 is 1.50. The highest BCUT2D eigenvalue weighted by Crippen LogP contribution is 2.29. The maximum atomic E-state index is 13.1. The fraction of sp³-hybridized carbons (Fsp3) is 0.385. The van der Waals surface area contributed by atoms with Crippen molar-refractivity contribution in [3.63, 3.8) is 0 Å². The van der Waals surface area contributed by atoms with Crippen LogP contribution in [0.5, 0.6) is 0 Å². The van der Waals surface area contributed by atoms with Gasteiger partial charge in [0.25, 0.3) is 5.91 Å². The molecule has 9 heteroatoms. The molecule has 1 aromatic heterocycles. The Bertz CT molecular complexity index is 1280. The minimum atomic E-state index is -3.61. The van der Waals surface area contributed by atoms with Gasteiger partial charge in [-0.25, -0.2) is 13.4 Å². The molecule has 0 saturated carbocycles. The van der Waals surface area contributed by atoms with E-state index in [-0.39, 0.29) is 10.8 Å². The van der Waals surface area contributed by atoms with Crippen LogP contribution in [0, 0.1) is 0 Å². The summed E-state index contributed by atoms with van der Waals surface area (Å²) in [6, 6.07) is 16.7. The van der Waals surface area contributed by atoms with Crippen molar-refractivity contribution in [1.29, 1.82) is 0 Å². The van der Waals surface area contributed by atoms with Gasteiger partial charge in [-0.1, -0.05) is 49.2 Å². The Morgan fingerprint density at radius 1 is 0.971 bits per heavy atom. The summed E-state index contributed by atoms with van der Waals surface area (Å²) in [6.45, 7) is 3.68. The summed E-state index contributed by atoms with van der Waals surface area (Å²) in [5.74, 6) is -0.342. The van der Waals surface area contributed by atoms with Gasteiger partial charge in [-0.2, -0.15) is 4.31 Å². The Kier molecular flexibility index (Phi) is 7.29. The summed E-state index contributed by atoms with van der Waals surface area (Å²) in [5, 5.41) is 3.45. The zero-order chi connectivity index (χ0) is 24.3. The lowest BCUT2D eigenvalue weighted by Gasteiger charge is -2.25. The molecule has 3 aromatic rings. The van der Waals surface area contributed by atoms with Crippen molar-refractivity contribution in [3.05, 3.63) is 76.3 Å². The molecule has 1 fully saturated rings. The molecular formula is C26H30N4O3S2. The van der Waals surface area contributed by atoms with E-state index in [4.69, 9.17) is 0 Å². The normalized spacial score (nSPS) is 17.5. The minimum absolute atomic E-state index is 0.169. The first-order valence-electron chi connectivity index (χ1n) is 12.2. The van der Waals surface area contributed by atoms with Crippen LogP contribution >= 0.6 is 11.3 Å². The molecule has 0 radical (unpaired) electrons. The fourth-order valence-corrected chi connectivity index (χ4v) is 7.29. The SMILES string of the molecule is O=C(Nc1nc2c(s1)CN(Cc1ccccc1)CC2)c1cccc(S(=O)(=O)N2CCCCCC2)c1. The molecule has 0 atom stereocenters. The number of thiazole rings is 1. The second-order valence-electron chi connectivity index (χ2n) is 9.14. The summed E-state index contributed by atoms with van der Waals surface area (Å²) < 4.78 is 27.8. The van der Waals surface area contributed by atoms with Gasteiger partial charge in [0, 0.05) is 49.6 Å². The molecule has 0 aliphatic carbocycles. The van der Waals surface area contributed by atoms with Gasteiger partial charge in [-0.15, -0.1) is 11.3 Å². The van der Waals surface area contributed by atoms with E-state index >= 15 is 0 Å². The van der Waals surface area contributed by atoms with Crippen LogP contribution in [0.4, 0.5) is 5.13 Å². The monoisotopic (exact) mass is 510 g/mol. The molecule has 7 nitrogen and oxygen atoms in total. The van der Waals surface area contributed by atoms with E-state index in [9.17, 15) is 13.2 Å². The number of anilines is 1. The number of rotatable bonds is 6. The van der Waals surface area contributed by atoms with E-state index in [1.165, 1.54) is 27.8 Å². The van der Waals surface area contributed by atoms with Crippen LogP contribution in [0.15, 0.2) is 59.5 Å². The Labute approximate surface area is 210 Å². The van der Waals surface area contributed by atoms with E-state index in [2.05, 4.69) is 39.5 Å². The van der Waals surface area contributed by atoms with Crippen molar-refractivity contribution in [2.45, 2.75) is 50.1 Å². The second-order valence-corrected chi connectivity index (χ2v) is 12.2. The van der Waals surface area contributed by atoms with Gasteiger partial charge < -0.3 is 0 Å². The van der Waals surface area contributed by atoms with Gasteiger partial charge in [-0.05, 0) is 36.6 Å². The van der Waals surface area contributed by atoms with Gasteiger partial charge >= 0.3 is 0 Å². The number of carbonyl (C=O) groups is 1. The third-order valence-corrected chi connectivity index (χ3v) is 9.47. The Balaban J connectivity index is 1.26. The highest BCUT2D eigenvalue weighted by atomic mass is 32.2. The summed E-state index contributed by atoms with van der Waals surface area (Å²) in [7, 11) is -3.61. The number of hydrogen-bond acceptors (Lipinski definition) is 6. The lowest BCUT2D eigenvalue weighted by molar-refractivity contribution is 0.102. The maximum Gasteiger partial charge on any atom is 0.257 e. The highest BCUT2D eigenvalue weighted by molar-refractivity contribution is 7.89. The van der Waals surface area contributed by atoms with Gasteiger partial charge in [-0.3, -0.25) is 15.0 Å². The quantitative estimate of drug-likeness (QED) is 0.527. The van der Waals surface area contributed by atoms with Crippen molar-refractivity contribution >= 4 is 32.4 Å². The molecule has 2 aliphatic rings. The smallest absolute Gasteiger partial charge is 0.257 e. The first kappa shape index (κ1) is 24.1. The number of hydrogen-bond donors (Lipinski definition) is 1. The number of carbonyl (C=O) groups excluding carboxylic acids is 1. The number of amides is 1. The summed E-state index contributed by atoms with van der Waals surface area (Å²) in [5.41, 5.74) is 2.64. The van der Waals surface area contributed by atoms with E-state index in [1.54, 1.807) is 22.5 Å². The third-order valence-electron chi connectivity index (χ3n) is 6.58. The molecule has 0 unspecified atom stereocenters. The van der Waals surface area contributed by atoms with E-state index < -0.39 is 10.0 Å². The topological polar surface area (TPSA) is 82.6 Å². The van der Waals surface area contributed by atoms with Crippen molar-refractivity contribution < 1.29 is 13.2 Å². The second kappa shape index (κ2) is 10.6. The van der Waals surface area contributed by atoms with Crippen LogP contribution in [0.2, 0.25) is 0 Å². The number of nitrogens with one attached hydrogen (secondary N) is 1. The molecule has 184 valence electrons. The minimum Gasteiger partial charge on any atom is -0.298 e. The average Bonchev–Trinajstić information content (AvgIpc) is 3.06. The van der Waals surface area contributed by atoms with Crippen molar-refractivity contribution in [3.8, 4) is 0 Å². The molecule has 2 aliphatic heterocycles. The lowest BCUT2D eigenvalue weighted by atomic mass is 10.1. The number of fused-ring (bicyclic) bond motifs is 1. The van der Waals surface area contributed by atoms with Crippen LogP contribution < -0.4 is 5.32 Å². The van der Waals surface area contributed by atoms with Crippen LogP contribution in [0.3, 0.4) is 0 Å². The van der Waals surface area contributed by atoms with Crippen molar-refractivity contribution in [2.75, 3.05) is 25.0 Å². The first-order chi connectivity index (χ1) is 17.0. The number of benzene rings is 2. The van der Waals surface area contributed by atoms with E-state index in [0.29, 0.717) is 23.8 Å². The first-order valence-corrected chi connectivity index (χ1v) is 14.4. The predicted octanol–water partition coefficient (Wildman–Crippen LogP) is 4.52. The molecule has 5 rings (SSSR count). The Morgan fingerprint density at radius 2 is 1.74 bits per heavy atom. The Hall–Kier alpha value is -2.59. The van der Waals surface area contributed by atoms with Crippen molar-refractivity contribution in [1.82, 2.24) is 14.2 Å². The van der Waals surface area contributed by atoms with E-state index in [1.807, 2.05) is 6.07 Å². The summed E-state index contributed by atoms with van der Waals surface area (Å²) in [6.07, 6.45) is 4.69. The molecule has 1 saturated heterocycles. The summed E-state index contributed by atoms with van der Waals surface area (Å²) in [4.78, 5) is 21.3. The average molecular weight is 511 g/mol. The van der Waals surface area contributed by atoms with E-state index in [0.717, 1.165) is 57.4 Å². The van der Waals surface area contributed by atoms with Gasteiger partial charge in [0.05, 0.1) is 10.6 Å². The standard InChI is InChI=1S/C26H30N4O3S2/c31-25(21-11-8-12-22(17-21)35(32,33)30-14-6-1-2-7-15-30)28-26-27-23-13-16-29(19-24(23)34-26)18-20-9-4-3-5-10-20/h3-5,8-12,17H,1-2,6-7,13-16,18-19H2,(H,27,28,31). The number of sulfonamides is 1.